The zero-order valence-electron chi connectivity index (χ0n) is 19.9. The van der Waals surface area contributed by atoms with Gasteiger partial charge in [0.05, 0.1) is 19.5 Å². The Morgan fingerprint density at radius 3 is 2.34 bits per heavy atom. The Morgan fingerprint density at radius 1 is 1.06 bits per heavy atom. The lowest BCUT2D eigenvalue weighted by molar-refractivity contribution is -0.0802. The molecule has 0 bridgehead atoms. The van der Waals surface area contributed by atoms with Gasteiger partial charge in [0, 0.05) is 0 Å². The van der Waals surface area contributed by atoms with Crippen LogP contribution in [0.2, 0.25) is 5.04 Å². The summed E-state index contributed by atoms with van der Waals surface area (Å²) in [7, 11) is -2.71. The van der Waals surface area contributed by atoms with Gasteiger partial charge in [-0.1, -0.05) is 81.4 Å². The molecule has 0 aliphatic carbocycles. The number of imidazole rings is 1. The smallest absolute Gasteiger partial charge is 0.312 e. The monoisotopic (exact) mass is 493 g/mol. The molecule has 3 heterocycles. The first kappa shape index (κ1) is 23.6. The molecule has 8 nitrogen and oxygen atoms in total. The molecule has 2 unspecified atom stereocenters. The van der Waals surface area contributed by atoms with E-state index in [9.17, 15) is 4.39 Å². The van der Waals surface area contributed by atoms with Crippen LogP contribution in [-0.4, -0.2) is 54.0 Å². The van der Waals surface area contributed by atoms with E-state index in [2.05, 4.69) is 94.6 Å². The fourth-order valence-corrected chi connectivity index (χ4v) is 9.18. The average molecular weight is 494 g/mol. The molecule has 1 aliphatic rings. The molecule has 5 rings (SSSR count). The van der Waals surface area contributed by atoms with Gasteiger partial charge >= 0.3 is 6.08 Å². The molecule has 0 spiro atoms. The number of anilines is 1. The Morgan fingerprint density at radius 2 is 1.71 bits per heavy atom. The number of aromatic amines is 1. The van der Waals surface area contributed by atoms with Crippen LogP contribution in [0.3, 0.4) is 0 Å². The third-order valence-corrected chi connectivity index (χ3v) is 11.2. The summed E-state index contributed by atoms with van der Waals surface area (Å²) in [4.78, 5) is 14.4. The molecule has 4 aromatic rings. The van der Waals surface area contributed by atoms with Gasteiger partial charge in [0.1, 0.15) is 5.52 Å². The molecule has 1 aliphatic heterocycles. The number of ether oxygens (including phenoxy) is 2. The van der Waals surface area contributed by atoms with Gasteiger partial charge in [-0.15, -0.1) is 0 Å². The van der Waals surface area contributed by atoms with Crippen LogP contribution < -0.4 is 15.7 Å². The number of hydrogen-bond donors (Lipinski definition) is 2. The van der Waals surface area contributed by atoms with Crippen molar-refractivity contribution in [3.8, 4) is 0 Å². The lowest BCUT2D eigenvalue weighted by Crippen LogP contribution is -2.67. The summed E-state index contributed by atoms with van der Waals surface area (Å²) >= 11 is 0. The minimum atomic E-state index is -2.71. The van der Waals surface area contributed by atoms with Crippen molar-refractivity contribution in [3.63, 3.8) is 0 Å². The maximum Gasteiger partial charge on any atom is 0.312 e. The molecule has 2 atom stereocenters. The predicted octanol–water partition coefficient (Wildman–Crippen LogP) is 3.18. The van der Waals surface area contributed by atoms with Crippen LogP contribution in [0.15, 0.2) is 67.0 Å². The largest absolute Gasteiger partial charge is 0.402 e. The van der Waals surface area contributed by atoms with Crippen LogP contribution in [0, 0.1) is 6.08 Å². The van der Waals surface area contributed by atoms with E-state index in [1.54, 1.807) is 0 Å². The maximum atomic E-state index is 13.8. The lowest BCUT2D eigenvalue weighted by Gasteiger charge is -2.43. The van der Waals surface area contributed by atoms with Gasteiger partial charge in [-0.3, -0.25) is 0 Å². The van der Waals surface area contributed by atoms with E-state index in [4.69, 9.17) is 13.9 Å². The van der Waals surface area contributed by atoms with Crippen LogP contribution >= 0.6 is 0 Å². The van der Waals surface area contributed by atoms with Gasteiger partial charge < -0.3 is 24.2 Å². The van der Waals surface area contributed by atoms with Gasteiger partial charge in [0.25, 0.3) is 8.32 Å². The van der Waals surface area contributed by atoms with Crippen LogP contribution in [0.5, 0.6) is 0 Å². The van der Waals surface area contributed by atoms with E-state index in [0.717, 1.165) is 0 Å². The first-order valence-corrected chi connectivity index (χ1v) is 13.4. The minimum absolute atomic E-state index is 0.156. The predicted molar refractivity (Wildman–Crippen MR) is 133 cm³/mol. The van der Waals surface area contributed by atoms with Gasteiger partial charge in [-0.05, 0) is 15.4 Å². The van der Waals surface area contributed by atoms with Crippen molar-refractivity contribution in [1.29, 1.82) is 0 Å². The summed E-state index contributed by atoms with van der Waals surface area (Å²) < 4.78 is 32.6. The molecule has 1 saturated heterocycles. The molecule has 0 radical (unpaired) electrons. The van der Waals surface area contributed by atoms with Crippen molar-refractivity contribution >= 4 is 35.7 Å². The number of nitrogens with one attached hydrogen (secondary N) is 2. The second kappa shape index (κ2) is 9.46. The van der Waals surface area contributed by atoms with E-state index in [1.807, 2.05) is 12.1 Å². The molecule has 0 amide bonds. The van der Waals surface area contributed by atoms with E-state index >= 15 is 0 Å². The molecule has 182 valence electrons. The topological polar surface area (TPSA) is 94.2 Å². The summed E-state index contributed by atoms with van der Waals surface area (Å²) in [5, 5.41) is 5.29. The molecule has 10 heteroatoms. The van der Waals surface area contributed by atoms with E-state index in [-0.39, 0.29) is 29.7 Å². The Labute approximate surface area is 204 Å². The fraction of sp³-hybridized carbons (Fsp3) is 0.320. The van der Waals surface area contributed by atoms with Crippen LogP contribution in [0.1, 0.15) is 20.8 Å². The number of rotatable bonds is 7. The van der Waals surface area contributed by atoms with Gasteiger partial charge in [-0.2, -0.15) is 14.4 Å². The van der Waals surface area contributed by atoms with Gasteiger partial charge in [0.2, 0.25) is 0 Å². The Bertz CT molecular complexity index is 1240. The molecule has 0 saturated carbocycles. The van der Waals surface area contributed by atoms with Crippen molar-refractivity contribution in [1.82, 2.24) is 19.9 Å². The number of hydrogen-bond acceptors (Lipinski definition) is 7. The fourth-order valence-electron chi connectivity index (χ4n) is 4.64. The molecule has 2 aromatic carbocycles. The second-order valence-corrected chi connectivity index (χ2v) is 13.8. The van der Waals surface area contributed by atoms with Gasteiger partial charge in [-0.25, -0.2) is 4.98 Å². The SMILES string of the molecule is CC(C)(C)[Si](OCC1OCC(Nc2nc(F)nc3nc[nH]c23)O1)(c1ccccc1)c1ccccc1. The molecule has 2 N–H and O–H groups in total. The zero-order valence-corrected chi connectivity index (χ0v) is 20.9. The number of halogens is 1. The van der Waals surface area contributed by atoms with Crippen molar-refractivity contribution in [2.24, 2.45) is 0 Å². The number of fused-ring (bicyclic) bond motifs is 1. The normalized spacial score (nSPS) is 18.7. The van der Waals surface area contributed by atoms with Crippen molar-refractivity contribution in [2.45, 2.75) is 38.3 Å². The summed E-state index contributed by atoms with van der Waals surface area (Å²) in [6.07, 6.45) is -0.532. The lowest BCUT2D eigenvalue weighted by atomic mass is 10.2. The highest BCUT2D eigenvalue weighted by atomic mass is 28.4. The number of nitrogens with zero attached hydrogens (tertiary/aromatic N) is 3. The molecular weight excluding hydrogens is 465 g/mol. The standard InChI is InChI=1S/C25H28FN5O3Si/c1-25(2,3)35(17-10-6-4-7-11-17,18-12-8-5-9-13-18)33-15-20-32-14-19(34-20)29-23-21-22(28-16-27-21)30-24(26)31-23/h4-13,16,19-20H,14-15H2,1-3H3,(H2,27,28,29,30,31). The number of H-pyrrole nitrogens is 1. The minimum Gasteiger partial charge on any atom is -0.402 e. The summed E-state index contributed by atoms with van der Waals surface area (Å²) in [5.74, 6) is 0.271. The van der Waals surface area contributed by atoms with E-state index in [0.29, 0.717) is 5.52 Å². The van der Waals surface area contributed by atoms with Crippen molar-refractivity contribution in [2.75, 3.05) is 18.5 Å². The van der Waals surface area contributed by atoms with E-state index < -0.39 is 26.9 Å². The summed E-state index contributed by atoms with van der Waals surface area (Å²) in [6.45, 7) is 7.18. The second-order valence-electron chi connectivity index (χ2n) is 9.45. The summed E-state index contributed by atoms with van der Waals surface area (Å²) in [6, 6.07) is 20.8. The van der Waals surface area contributed by atoms with E-state index in [1.165, 1.54) is 16.7 Å². The molecule has 2 aromatic heterocycles. The quantitative estimate of drug-likeness (QED) is 0.302. The highest BCUT2D eigenvalue weighted by molar-refractivity contribution is 6.99. The zero-order chi connectivity index (χ0) is 24.5. The van der Waals surface area contributed by atoms with Crippen molar-refractivity contribution < 1.29 is 18.3 Å². The highest BCUT2D eigenvalue weighted by Gasteiger charge is 2.50. The number of aromatic nitrogens is 4. The third kappa shape index (κ3) is 4.57. The highest BCUT2D eigenvalue weighted by Crippen LogP contribution is 2.37. The average Bonchev–Trinajstić information content (AvgIpc) is 3.49. The first-order valence-electron chi connectivity index (χ1n) is 11.5. The van der Waals surface area contributed by atoms with Gasteiger partial charge in [0.15, 0.2) is 24.0 Å². The molecule has 1 fully saturated rings. The third-order valence-electron chi connectivity index (χ3n) is 6.16. The maximum absolute atomic E-state index is 13.8. The van der Waals surface area contributed by atoms with Crippen LogP contribution in [0.4, 0.5) is 10.2 Å². The summed E-state index contributed by atoms with van der Waals surface area (Å²) in [5.41, 5.74) is 0.743. The van der Waals surface area contributed by atoms with Crippen molar-refractivity contribution in [3.05, 3.63) is 73.1 Å². The Kier molecular flexibility index (Phi) is 6.37. The first-order chi connectivity index (χ1) is 16.9. The Balaban J connectivity index is 1.36. The van der Waals surface area contributed by atoms with Crippen LogP contribution in [0.25, 0.3) is 11.2 Å². The molecular formula is C25H28FN5O3Si. The molecule has 35 heavy (non-hydrogen) atoms. The van der Waals surface area contributed by atoms with Crippen LogP contribution in [-0.2, 0) is 13.9 Å². The Hall–Kier alpha value is -3.18. The number of benzene rings is 2.